The zero-order valence-corrected chi connectivity index (χ0v) is 14.3. The van der Waals surface area contributed by atoms with Crippen LogP contribution in [0.2, 0.25) is 0 Å². The Hall–Kier alpha value is -1.43. The number of rotatable bonds is 8. The molecule has 1 heterocycles. The van der Waals surface area contributed by atoms with Crippen LogP contribution in [-0.2, 0) is 16.1 Å². The van der Waals surface area contributed by atoms with E-state index in [-0.39, 0.29) is 12.5 Å². The number of likely N-dealkylation sites (tertiary alicyclic amines) is 1. The van der Waals surface area contributed by atoms with Crippen molar-refractivity contribution in [2.75, 3.05) is 39.9 Å². The summed E-state index contributed by atoms with van der Waals surface area (Å²) in [5.41, 5.74) is 7.23. The van der Waals surface area contributed by atoms with Crippen LogP contribution in [0.4, 0.5) is 0 Å². The second-order valence-corrected chi connectivity index (χ2v) is 6.31. The minimum absolute atomic E-state index is 0.00383. The minimum Gasteiger partial charge on any atom is -0.383 e. The Balaban J connectivity index is 1.82. The van der Waals surface area contributed by atoms with Crippen LogP contribution in [0.1, 0.15) is 18.9 Å². The van der Waals surface area contributed by atoms with Crippen LogP contribution < -0.4 is 5.73 Å². The summed E-state index contributed by atoms with van der Waals surface area (Å²) in [4.78, 5) is 16.7. The molecule has 0 bridgehead atoms. The average molecular weight is 319 g/mol. The molecule has 128 valence electrons. The fourth-order valence-electron chi connectivity index (χ4n) is 3.22. The number of ether oxygens (including phenoxy) is 1. The van der Waals surface area contributed by atoms with E-state index in [1.807, 2.05) is 17.9 Å². The van der Waals surface area contributed by atoms with E-state index in [1.54, 1.807) is 7.11 Å². The van der Waals surface area contributed by atoms with Crippen molar-refractivity contribution in [2.24, 2.45) is 11.7 Å². The number of carbonyl (C=O) groups excluding carboxylic acids is 1. The quantitative estimate of drug-likeness (QED) is 0.785. The second-order valence-electron chi connectivity index (χ2n) is 6.31. The highest BCUT2D eigenvalue weighted by Gasteiger charge is 2.27. The molecule has 5 heteroatoms. The predicted molar refractivity (Wildman–Crippen MR) is 91.9 cm³/mol. The standard InChI is InChI=1S/C18H29N3O2/c1-3-21(18(22)17(19)14-23-2)13-16-9-10-20(12-16)11-15-7-5-4-6-8-15/h4-8,16-17H,3,9-14,19H2,1-2H3. The van der Waals surface area contributed by atoms with E-state index >= 15 is 0 Å². The van der Waals surface area contributed by atoms with Crippen molar-refractivity contribution in [3.63, 3.8) is 0 Å². The Morgan fingerprint density at radius 3 is 2.83 bits per heavy atom. The van der Waals surface area contributed by atoms with Crippen molar-refractivity contribution in [2.45, 2.75) is 25.9 Å². The predicted octanol–water partition coefficient (Wildman–Crippen LogP) is 1.33. The van der Waals surface area contributed by atoms with Gasteiger partial charge in [-0.15, -0.1) is 0 Å². The van der Waals surface area contributed by atoms with Crippen LogP contribution >= 0.6 is 0 Å². The lowest BCUT2D eigenvalue weighted by atomic mass is 10.1. The first-order chi connectivity index (χ1) is 11.1. The lowest BCUT2D eigenvalue weighted by Crippen LogP contribution is -2.47. The molecular weight excluding hydrogens is 290 g/mol. The van der Waals surface area contributed by atoms with Crippen LogP contribution in [0.25, 0.3) is 0 Å². The first-order valence-corrected chi connectivity index (χ1v) is 8.43. The number of methoxy groups -OCH3 is 1. The summed E-state index contributed by atoms with van der Waals surface area (Å²) < 4.78 is 4.99. The van der Waals surface area contributed by atoms with Gasteiger partial charge in [-0.05, 0) is 31.4 Å². The molecule has 1 saturated heterocycles. The maximum absolute atomic E-state index is 12.3. The number of hydrogen-bond donors (Lipinski definition) is 1. The van der Waals surface area contributed by atoms with Gasteiger partial charge in [-0.3, -0.25) is 9.69 Å². The highest BCUT2D eigenvalue weighted by molar-refractivity contribution is 5.81. The lowest BCUT2D eigenvalue weighted by molar-refractivity contribution is -0.134. The summed E-state index contributed by atoms with van der Waals surface area (Å²) in [6, 6.07) is 9.99. The van der Waals surface area contributed by atoms with Crippen LogP contribution in [0, 0.1) is 5.92 Å². The fourth-order valence-corrected chi connectivity index (χ4v) is 3.22. The molecule has 0 spiro atoms. The van der Waals surface area contributed by atoms with E-state index in [2.05, 4.69) is 29.2 Å². The third kappa shape index (κ3) is 5.30. The van der Waals surface area contributed by atoms with Gasteiger partial charge in [0.15, 0.2) is 0 Å². The lowest BCUT2D eigenvalue weighted by Gasteiger charge is -2.27. The second kappa shape index (κ2) is 9.01. The molecule has 0 saturated carbocycles. The Kier molecular flexibility index (Phi) is 7.02. The van der Waals surface area contributed by atoms with Crippen LogP contribution in [-0.4, -0.2) is 61.6 Å². The molecule has 2 rings (SSSR count). The largest absolute Gasteiger partial charge is 0.383 e. The van der Waals surface area contributed by atoms with Crippen molar-refractivity contribution in [1.82, 2.24) is 9.80 Å². The molecule has 23 heavy (non-hydrogen) atoms. The summed E-state index contributed by atoms with van der Waals surface area (Å²) in [6.45, 7) is 6.89. The molecule has 1 aromatic carbocycles. The summed E-state index contributed by atoms with van der Waals surface area (Å²) in [7, 11) is 1.57. The zero-order valence-electron chi connectivity index (χ0n) is 14.3. The van der Waals surface area contributed by atoms with Gasteiger partial charge < -0.3 is 15.4 Å². The van der Waals surface area contributed by atoms with Gasteiger partial charge >= 0.3 is 0 Å². The Labute approximate surface area is 139 Å². The number of carbonyl (C=O) groups is 1. The number of hydrogen-bond acceptors (Lipinski definition) is 4. The first-order valence-electron chi connectivity index (χ1n) is 8.43. The molecule has 1 aromatic rings. The zero-order chi connectivity index (χ0) is 16.7. The van der Waals surface area contributed by atoms with Gasteiger partial charge in [0.1, 0.15) is 6.04 Å². The van der Waals surface area contributed by atoms with E-state index < -0.39 is 6.04 Å². The van der Waals surface area contributed by atoms with Crippen molar-refractivity contribution in [1.29, 1.82) is 0 Å². The maximum Gasteiger partial charge on any atom is 0.241 e. The van der Waals surface area contributed by atoms with Gasteiger partial charge in [0.25, 0.3) is 0 Å². The van der Waals surface area contributed by atoms with Crippen molar-refractivity contribution in [3.8, 4) is 0 Å². The highest BCUT2D eigenvalue weighted by atomic mass is 16.5. The number of amides is 1. The smallest absolute Gasteiger partial charge is 0.241 e. The maximum atomic E-state index is 12.3. The Bertz CT molecular complexity index is 480. The summed E-state index contributed by atoms with van der Waals surface area (Å²) in [5.74, 6) is 0.521. The van der Waals surface area contributed by atoms with E-state index in [1.165, 1.54) is 5.56 Å². The molecule has 1 aliphatic heterocycles. The van der Waals surface area contributed by atoms with Gasteiger partial charge in [-0.25, -0.2) is 0 Å². The molecule has 2 atom stereocenters. The van der Waals surface area contributed by atoms with Gasteiger partial charge in [-0.1, -0.05) is 30.3 Å². The molecule has 0 aliphatic carbocycles. The average Bonchev–Trinajstić information content (AvgIpc) is 3.00. The summed E-state index contributed by atoms with van der Waals surface area (Å²) in [6.07, 6.45) is 1.14. The number of nitrogens with zero attached hydrogens (tertiary/aromatic N) is 2. The van der Waals surface area contributed by atoms with Crippen molar-refractivity contribution < 1.29 is 9.53 Å². The fraction of sp³-hybridized carbons (Fsp3) is 0.611. The molecule has 0 aromatic heterocycles. The van der Waals surface area contributed by atoms with E-state index in [0.29, 0.717) is 12.5 Å². The molecule has 1 aliphatic rings. The molecule has 0 radical (unpaired) electrons. The van der Waals surface area contributed by atoms with Gasteiger partial charge in [0, 0.05) is 33.3 Å². The highest BCUT2D eigenvalue weighted by Crippen LogP contribution is 2.20. The molecule has 2 N–H and O–H groups in total. The minimum atomic E-state index is -0.554. The van der Waals surface area contributed by atoms with Gasteiger partial charge in [0.05, 0.1) is 6.61 Å². The van der Waals surface area contributed by atoms with Crippen molar-refractivity contribution >= 4 is 5.91 Å². The van der Waals surface area contributed by atoms with E-state index in [4.69, 9.17) is 10.5 Å². The van der Waals surface area contributed by atoms with Crippen molar-refractivity contribution in [3.05, 3.63) is 35.9 Å². The third-order valence-corrected chi connectivity index (χ3v) is 4.45. The molecule has 1 amide bonds. The summed E-state index contributed by atoms with van der Waals surface area (Å²) in [5, 5.41) is 0. The van der Waals surface area contributed by atoms with Crippen LogP contribution in [0.15, 0.2) is 30.3 Å². The van der Waals surface area contributed by atoms with E-state index in [9.17, 15) is 4.79 Å². The molecule has 1 fully saturated rings. The molecule has 5 nitrogen and oxygen atoms in total. The van der Waals surface area contributed by atoms with Crippen LogP contribution in [0.3, 0.4) is 0 Å². The summed E-state index contributed by atoms with van der Waals surface area (Å²) >= 11 is 0. The van der Waals surface area contributed by atoms with Gasteiger partial charge in [-0.2, -0.15) is 0 Å². The normalized spacial score (nSPS) is 19.7. The monoisotopic (exact) mass is 319 g/mol. The first kappa shape index (κ1) is 17.9. The Morgan fingerprint density at radius 2 is 2.17 bits per heavy atom. The SMILES string of the molecule is CCN(CC1CCN(Cc2ccccc2)C1)C(=O)C(N)COC. The van der Waals surface area contributed by atoms with E-state index in [0.717, 1.165) is 32.6 Å². The topological polar surface area (TPSA) is 58.8 Å². The number of benzene rings is 1. The Morgan fingerprint density at radius 1 is 1.43 bits per heavy atom. The molecular formula is C18H29N3O2. The third-order valence-electron chi connectivity index (χ3n) is 4.45. The van der Waals surface area contributed by atoms with Gasteiger partial charge in [0.2, 0.25) is 5.91 Å². The molecule has 2 unspecified atom stereocenters. The number of likely N-dealkylation sites (N-methyl/N-ethyl adjacent to an activating group) is 1. The number of nitrogens with two attached hydrogens (primary N) is 1. The van der Waals surface area contributed by atoms with Crippen LogP contribution in [0.5, 0.6) is 0 Å².